The van der Waals surface area contributed by atoms with Gasteiger partial charge in [0.1, 0.15) is 0 Å². The van der Waals surface area contributed by atoms with E-state index in [1.165, 1.54) is 0 Å². The van der Waals surface area contributed by atoms with E-state index in [1.54, 1.807) is 0 Å². The minimum atomic E-state index is -0.575. The third-order valence-corrected chi connectivity index (χ3v) is 4.62. The van der Waals surface area contributed by atoms with E-state index in [-0.39, 0.29) is 5.78 Å². The van der Waals surface area contributed by atoms with Crippen molar-refractivity contribution in [3.05, 3.63) is 60.2 Å². The predicted molar refractivity (Wildman–Crippen MR) is 90.3 cm³/mol. The van der Waals surface area contributed by atoms with Crippen LogP contribution in [0.3, 0.4) is 0 Å². The first-order valence-electron chi connectivity index (χ1n) is 7.06. The van der Waals surface area contributed by atoms with E-state index in [2.05, 4.69) is 6.07 Å². The van der Waals surface area contributed by atoms with Gasteiger partial charge in [-0.15, -0.1) is 11.6 Å². The van der Waals surface area contributed by atoms with Gasteiger partial charge >= 0.3 is 0 Å². The van der Waals surface area contributed by atoms with Crippen molar-refractivity contribution < 1.29 is 4.79 Å². The molecule has 0 radical (unpaired) electrons. The second kappa shape index (κ2) is 5.16. The molecule has 3 aromatic rings. The van der Waals surface area contributed by atoms with E-state index in [1.807, 2.05) is 62.4 Å². The fraction of sp³-hybridized carbons (Fsp3) is 0.211. The summed E-state index contributed by atoms with van der Waals surface area (Å²) < 4.78 is 0. The van der Waals surface area contributed by atoms with E-state index in [0.717, 1.165) is 27.1 Å². The topological polar surface area (TPSA) is 17.1 Å². The monoisotopic (exact) mass is 296 g/mol. The molecule has 1 nitrogen and oxygen atoms in total. The summed E-state index contributed by atoms with van der Waals surface area (Å²) in [5.41, 5.74) is 0.211. The van der Waals surface area contributed by atoms with Crippen molar-refractivity contribution >= 4 is 38.9 Å². The zero-order valence-corrected chi connectivity index (χ0v) is 12.9. The molecule has 0 unspecified atom stereocenters. The molecule has 0 bridgehead atoms. The number of alkyl halides is 1. The first-order valence-corrected chi connectivity index (χ1v) is 7.59. The SMILES string of the molecule is CC(C)(CCl)C(=O)c1c2ccccc2cc2ccccc12. The third-order valence-electron chi connectivity index (χ3n) is 3.95. The average molecular weight is 297 g/mol. The molecule has 0 aromatic heterocycles. The van der Waals surface area contributed by atoms with Crippen molar-refractivity contribution in [1.82, 2.24) is 0 Å². The normalized spacial score (nSPS) is 12.0. The van der Waals surface area contributed by atoms with Crippen LogP contribution in [0.25, 0.3) is 21.5 Å². The Morgan fingerprint density at radius 2 is 1.43 bits per heavy atom. The van der Waals surface area contributed by atoms with E-state index in [0.29, 0.717) is 5.88 Å². The Kier molecular flexibility index (Phi) is 3.46. The number of carbonyl (C=O) groups excluding carboxylic acids is 1. The highest BCUT2D eigenvalue weighted by molar-refractivity contribution is 6.25. The minimum Gasteiger partial charge on any atom is -0.293 e. The van der Waals surface area contributed by atoms with Gasteiger partial charge in [0.05, 0.1) is 0 Å². The molecule has 0 saturated heterocycles. The fourth-order valence-corrected chi connectivity index (χ4v) is 2.78. The first-order chi connectivity index (χ1) is 10.0. The zero-order chi connectivity index (χ0) is 15.0. The van der Waals surface area contributed by atoms with Crippen LogP contribution >= 0.6 is 11.6 Å². The lowest BCUT2D eigenvalue weighted by atomic mass is 9.82. The smallest absolute Gasteiger partial charge is 0.170 e. The maximum Gasteiger partial charge on any atom is 0.170 e. The molecule has 0 N–H and O–H groups in total. The number of hydrogen-bond donors (Lipinski definition) is 0. The molecule has 0 saturated carbocycles. The minimum absolute atomic E-state index is 0.102. The van der Waals surface area contributed by atoms with Crippen LogP contribution in [0.5, 0.6) is 0 Å². The number of carbonyl (C=O) groups is 1. The Balaban J connectivity index is 2.43. The summed E-state index contributed by atoms with van der Waals surface area (Å²) in [7, 11) is 0. The third kappa shape index (κ3) is 2.32. The van der Waals surface area contributed by atoms with Crippen molar-refractivity contribution in [2.45, 2.75) is 13.8 Å². The van der Waals surface area contributed by atoms with Gasteiger partial charge in [-0.1, -0.05) is 62.4 Å². The Labute approximate surface area is 129 Å². The van der Waals surface area contributed by atoms with Crippen LogP contribution in [-0.4, -0.2) is 11.7 Å². The summed E-state index contributed by atoms with van der Waals surface area (Å²) >= 11 is 6.02. The number of benzene rings is 3. The standard InChI is InChI=1S/C19H17ClO/c1-19(2,12-20)18(21)17-15-9-5-3-7-13(15)11-14-8-4-6-10-16(14)17/h3-11H,12H2,1-2H3. The number of halogens is 1. The highest BCUT2D eigenvalue weighted by Gasteiger charge is 2.30. The Hall–Kier alpha value is -1.86. The van der Waals surface area contributed by atoms with Gasteiger partial charge < -0.3 is 0 Å². The van der Waals surface area contributed by atoms with Gasteiger partial charge in [0.15, 0.2) is 5.78 Å². The van der Waals surface area contributed by atoms with E-state index < -0.39 is 5.41 Å². The molecule has 0 fully saturated rings. The van der Waals surface area contributed by atoms with Gasteiger partial charge in [-0.05, 0) is 27.6 Å². The van der Waals surface area contributed by atoms with Crippen LogP contribution in [0, 0.1) is 5.41 Å². The second-order valence-electron chi connectivity index (χ2n) is 6.04. The average Bonchev–Trinajstić information content (AvgIpc) is 2.51. The Morgan fingerprint density at radius 3 is 1.90 bits per heavy atom. The van der Waals surface area contributed by atoms with Crippen molar-refractivity contribution in [1.29, 1.82) is 0 Å². The fourth-order valence-electron chi connectivity index (χ4n) is 2.66. The molecule has 0 aliphatic carbocycles. The van der Waals surface area contributed by atoms with Crippen LogP contribution in [-0.2, 0) is 0 Å². The molecule has 106 valence electrons. The summed E-state index contributed by atoms with van der Waals surface area (Å²) in [6.07, 6.45) is 0. The molecule has 3 aromatic carbocycles. The molecule has 0 spiro atoms. The van der Waals surface area contributed by atoms with Gasteiger partial charge in [0, 0.05) is 16.9 Å². The van der Waals surface area contributed by atoms with Gasteiger partial charge in [-0.25, -0.2) is 0 Å². The van der Waals surface area contributed by atoms with Crippen LogP contribution in [0.1, 0.15) is 24.2 Å². The van der Waals surface area contributed by atoms with Crippen molar-refractivity contribution in [2.75, 3.05) is 5.88 Å². The molecular weight excluding hydrogens is 280 g/mol. The summed E-state index contributed by atoms with van der Waals surface area (Å²) in [6.45, 7) is 3.80. The van der Waals surface area contributed by atoms with Crippen LogP contribution in [0.2, 0.25) is 0 Å². The lowest BCUT2D eigenvalue weighted by molar-refractivity contribution is 0.0865. The molecule has 0 aliphatic heterocycles. The Morgan fingerprint density at radius 1 is 0.952 bits per heavy atom. The highest BCUT2D eigenvalue weighted by atomic mass is 35.5. The largest absolute Gasteiger partial charge is 0.293 e. The quantitative estimate of drug-likeness (QED) is 0.357. The number of Topliss-reactive ketones (excluding diaryl/α,β-unsaturated/α-hetero) is 1. The van der Waals surface area contributed by atoms with E-state index in [4.69, 9.17) is 11.6 Å². The van der Waals surface area contributed by atoms with Gasteiger partial charge in [0.25, 0.3) is 0 Å². The first kappa shape index (κ1) is 14.1. The van der Waals surface area contributed by atoms with Crippen LogP contribution in [0.4, 0.5) is 0 Å². The second-order valence-corrected chi connectivity index (χ2v) is 6.31. The molecule has 0 atom stereocenters. The van der Waals surface area contributed by atoms with Gasteiger partial charge in [-0.3, -0.25) is 4.79 Å². The van der Waals surface area contributed by atoms with Crippen LogP contribution < -0.4 is 0 Å². The summed E-state index contributed by atoms with van der Waals surface area (Å²) in [5, 5.41) is 4.17. The number of ketones is 1. The van der Waals surface area contributed by atoms with Gasteiger partial charge in [0.2, 0.25) is 0 Å². The number of hydrogen-bond acceptors (Lipinski definition) is 1. The van der Waals surface area contributed by atoms with Crippen LogP contribution in [0.15, 0.2) is 54.6 Å². The molecule has 21 heavy (non-hydrogen) atoms. The highest BCUT2D eigenvalue weighted by Crippen LogP contribution is 2.34. The van der Waals surface area contributed by atoms with E-state index in [9.17, 15) is 4.79 Å². The lowest BCUT2D eigenvalue weighted by Crippen LogP contribution is -2.26. The summed E-state index contributed by atoms with van der Waals surface area (Å²) in [6, 6.07) is 18.2. The van der Waals surface area contributed by atoms with Crippen molar-refractivity contribution in [3.63, 3.8) is 0 Å². The number of rotatable bonds is 3. The maximum atomic E-state index is 13.0. The zero-order valence-electron chi connectivity index (χ0n) is 12.2. The maximum absolute atomic E-state index is 13.0. The predicted octanol–water partition coefficient (Wildman–Crippen LogP) is 5.44. The molecule has 0 heterocycles. The molecule has 3 rings (SSSR count). The van der Waals surface area contributed by atoms with Crippen molar-refractivity contribution in [2.24, 2.45) is 5.41 Å². The molecular formula is C19H17ClO. The summed E-state index contributed by atoms with van der Waals surface area (Å²) in [5.74, 6) is 0.411. The van der Waals surface area contributed by atoms with Crippen molar-refractivity contribution in [3.8, 4) is 0 Å². The lowest BCUT2D eigenvalue weighted by Gasteiger charge is -2.22. The molecule has 0 amide bonds. The molecule has 0 aliphatic rings. The molecule has 2 heteroatoms. The number of fused-ring (bicyclic) bond motifs is 2. The Bertz CT molecular complexity index is 779. The summed E-state index contributed by atoms with van der Waals surface area (Å²) in [4.78, 5) is 13.0. The van der Waals surface area contributed by atoms with Gasteiger partial charge in [-0.2, -0.15) is 0 Å². The van der Waals surface area contributed by atoms with E-state index >= 15 is 0 Å².